The van der Waals surface area contributed by atoms with Crippen molar-refractivity contribution in [2.24, 2.45) is 0 Å². The van der Waals surface area contributed by atoms with Crippen molar-refractivity contribution in [2.45, 2.75) is 38.2 Å². The molecule has 0 radical (unpaired) electrons. The average Bonchev–Trinajstić information content (AvgIpc) is 2.96. The van der Waals surface area contributed by atoms with Crippen LogP contribution in [0.15, 0.2) is 91.0 Å². The van der Waals surface area contributed by atoms with Crippen molar-refractivity contribution in [1.82, 2.24) is 0 Å². The Balaban J connectivity index is 1.25. The number of hydrogen-bond donors (Lipinski definition) is 1. The van der Waals surface area contributed by atoms with Crippen molar-refractivity contribution < 1.29 is 19.0 Å². The lowest BCUT2D eigenvalue weighted by molar-refractivity contribution is -0.115. The van der Waals surface area contributed by atoms with Gasteiger partial charge >= 0.3 is 0 Å². The van der Waals surface area contributed by atoms with Gasteiger partial charge in [0.05, 0.1) is 20.6 Å². The fourth-order valence-electron chi connectivity index (χ4n) is 5.07. The molecule has 0 saturated carbocycles. The van der Waals surface area contributed by atoms with Crippen LogP contribution in [-0.4, -0.2) is 20.1 Å². The smallest absolute Gasteiger partial charge is 0.228 e. The normalized spacial score (nSPS) is 14.3. The van der Waals surface area contributed by atoms with Gasteiger partial charge in [0.15, 0.2) is 0 Å². The van der Waals surface area contributed by atoms with Gasteiger partial charge in [-0.3, -0.25) is 4.79 Å². The Morgan fingerprint density at radius 2 is 1.50 bits per heavy atom. The van der Waals surface area contributed by atoms with Crippen molar-refractivity contribution in [3.8, 4) is 17.2 Å². The van der Waals surface area contributed by atoms with Crippen LogP contribution in [0.2, 0.25) is 0 Å². The summed E-state index contributed by atoms with van der Waals surface area (Å²) < 4.78 is 16.7. The molecule has 5 nitrogen and oxygen atoms in total. The van der Waals surface area contributed by atoms with E-state index in [0.717, 1.165) is 58.9 Å². The van der Waals surface area contributed by atoms with E-state index in [1.165, 1.54) is 11.1 Å². The molecule has 0 aliphatic heterocycles. The average molecular weight is 508 g/mol. The predicted octanol–water partition coefficient (Wildman–Crippen LogP) is 6.74. The van der Waals surface area contributed by atoms with E-state index in [1.807, 2.05) is 72.8 Å². The number of methoxy groups -OCH3 is 2. The first kappa shape index (κ1) is 25.4. The number of anilines is 1. The molecule has 1 unspecified atom stereocenters. The third-order valence-electron chi connectivity index (χ3n) is 7.15. The summed E-state index contributed by atoms with van der Waals surface area (Å²) in [4.78, 5) is 13.1. The maximum absolute atomic E-state index is 13.1. The fraction of sp³-hybridized carbons (Fsp3) is 0.242. The van der Waals surface area contributed by atoms with Crippen molar-refractivity contribution in [2.75, 3.05) is 19.5 Å². The van der Waals surface area contributed by atoms with Crippen LogP contribution in [-0.2, 0) is 30.7 Å². The topological polar surface area (TPSA) is 56.8 Å². The molecule has 5 heteroatoms. The molecule has 0 bridgehead atoms. The fourth-order valence-corrected chi connectivity index (χ4v) is 5.07. The van der Waals surface area contributed by atoms with E-state index in [0.29, 0.717) is 12.5 Å². The van der Waals surface area contributed by atoms with Crippen LogP contribution in [0.5, 0.6) is 17.2 Å². The van der Waals surface area contributed by atoms with Gasteiger partial charge in [0.2, 0.25) is 5.91 Å². The number of ether oxygens (including phenoxy) is 3. The van der Waals surface area contributed by atoms with Gasteiger partial charge in [0.25, 0.3) is 0 Å². The number of carbonyl (C=O) groups excluding carboxylic acids is 1. The SMILES string of the molecule is COc1ccc2c(c1)CCC(c1ccc(OC)cc1NC(=O)Cc1ccc(OCc3ccccc3)cc1)C2. The van der Waals surface area contributed by atoms with E-state index < -0.39 is 0 Å². The van der Waals surface area contributed by atoms with E-state index in [1.54, 1.807) is 14.2 Å². The predicted molar refractivity (Wildman–Crippen MR) is 150 cm³/mol. The highest BCUT2D eigenvalue weighted by molar-refractivity contribution is 5.93. The van der Waals surface area contributed by atoms with E-state index in [9.17, 15) is 4.79 Å². The minimum Gasteiger partial charge on any atom is -0.497 e. The maximum atomic E-state index is 13.1. The van der Waals surface area contributed by atoms with E-state index in [4.69, 9.17) is 14.2 Å². The van der Waals surface area contributed by atoms with Crippen molar-refractivity contribution in [3.05, 3.63) is 119 Å². The molecular weight excluding hydrogens is 474 g/mol. The van der Waals surface area contributed by atoms with Crippen LogP contribution in [0.4, 0.5) is 5.69 Å². The number of fused-ring (bicyclic) bond motifs is 1. The van der Waals surface area contributed by atoms with Gasteiger partial charge < -0.3 is 19.5 Å². The highest BCUT2D eigenvalue weighted by Gasteiger charge is 2.24. The Labute approximate surface area is 224 Å². The lowest BCUT2D eigenvalue weighted by atomic mass is 9.79. The zero-order chi connectivity index (χ0) is 26.3. The molecule has 38 heavy (non-hydrogen) atoms. The van der Waals surface area contributed by atoms with Crippen molar-refractivity contribution in [3.63, 3.8) is 0 Å². The second kappa shape index (κ2) is 11.9. The Kier molecular flexibility index (Phi) is 7.93. The van der Waals surface area contributed by atoms with Gasteiger partial charge in [-0.1, -0.05) is 54.6 Å². The first-order valence-electron chi connectivity index (χ1n) is 13.0. The minimum absolute atomic E-state index is 0.0570. The summed E-state index contributed by atoms with van der Waals surface area (Å²) in [6.45, 7) is 0.512. The minimum atomic E-state index is -0.0570. The summed E-state index contributed by atoms with van der Waals surface area (Å²) in [5.74, 6) is 2.67. The molecule has 4 aromatic carbocycles. The first-order chi connectivity index (χ1) is 18.6. The molecule has 4 aromatic rings. The van der Waals surface area contributed by atoms with Crippen LogP contribution < -0.4 is 19.5 Å². The van der Waals surface area contributed by atoms with E-state index >= 15 is 0 Å². The van der Waals surface area contributed by atoms with Crippen LogP contribution in [0.25, 0.3) is 0 Å². The van der Waals surface area contributed by atoms with Crippen molar-refractivity contribution >= 4 is 11.6 Å². The summed E-state index contributed by atoms with van der Waals surface area (Å²) in [7, 11) is 3.35. The second-order valence-corrected chi connectivity index (χ2v) is 9.67. The first-order valence-corrected chi connectivity index (χ1v) is 13.0. The molecule has 5 rings (SSSR count). The zero-order valence-electron chi connectivity index (χ0n) is 21.9. The number of benzene rings is 4. The van der Waals surface area contributed by atoms with Crippen LogP contribution >= 0.6 is 0 Å². The highest BCUT2D eigenvalue weighted by atomic mass is 16.5. The Morgan fingerprint density at radius 1 is 0.789 bits per heavy atom. The van der Waals surface area contributed by atoms with Gasteiger partial charge in [-0.2, -0.15) is 0 Å². The van der Waals surface area contributed by atoms with E-state index in [-0.39, 0.29) is 12.3 Å². The number of nitrogens with one attached hydrogen (secondary N) is 1. The monoisotopic (exact) mass is 507 g/mol. The summed E-state index contributed by atoms with van der Waals surface area (Å²) in [5, 5.41) is 3.16. The molecule has 0 saturated heterocycles. The number of amides is 1. The molecule has 0 spiro atoms. The Bertz CT molecular complexity index is 1380. The number of carbonyl (C=O) groups is 1. The summed E-state index contributed by atoms with van der Waals surface area (Å²) >= 11 is 0. The van der Waals surface area contributed by atoms with Gasteiger partial charge in [0, 0.05) is 11.8 Å². The molecule has 1 N–H and O–H groups in total. The molecular formula is C33H33NO4. The molecule has 194 valence electrons. The van der Waals surface area contributed by atoms with E-state index in [2.05, 4.69) is 23.5 Å². The largest absolute Gasteiger partial charge is 0.497 e. The standard InChI is InChI=1S/C33H33NO4/c1-36-29-15-12-25-19-27(11-10-26(25)20-29)31-17-16-30(37-2)21-32(31)34-33(35)18-23-8-13-28(14-9-23)38-22-24-6-4-3-5-7-24/h3-9,12-17,20-21,27H,10-11,18-19,22H2,1-2H3,(H,34,35). The Hall–Kier alpha value is -4.25. The second-order valence-electron chi connectivity index (χ2n) is 9.67. The molecule has 1 aliphatic rings. The molecule has 0 fully saturated rings. The van der Waals surface area contributed by atoms with Gasteiger partial charge in [-0.25, -0.2) is 0 Å². The number of aryl methyl sites for hydroxylation is 1. The third kappa shape index (κ3) is 6.17. The third-order valence-corrected chi connectivity index (χ3v) is 7.15. The highest BCUT2D eigenvalue weighted by Crippen LogP contribution is 2.38. The zero-order valence-corrected chi connectivity index (χ0v) is 21.9. The van der Waals surface area contributed by atoms with Crippen LogP contribution in [0, 0.1) is 0 Å². The summed E-state index contributed by atoms with van der Waals surface area (Å²) in [6, 6.07) is 30.1. The summed E-state index contributed by atoms with van der Waals surface area (Å²) in [5.41, 5.74) is 6.69. The maximum Gasteiger partial charge on any atom is 0.228 e. The number of hydrogen-bond acceptors (Lipinski definition) is 4. The molecule has 0 aromatic heterocycles. The Morgan fingerprint density at radius 3 is 2.26 bits per heavy atom. The quantitative estimate of drug-likeness (QED) is 0.273. The van der Waals surface area contributed by atoms with Crippen LogP contribution in [0.3, 0.4) is 0 Å². The van der Waals surface area contributed by atoms with Crippen LogP contribution in [0.1, 0.15) is 40.2 Å². The lowest BCUT2D eigenvalue weighted by Gasteiger charge is -2.27. The number of rotatable bonds is 9. The lowest BCUT2D eigenvalue weighted by Crippen LogP contribution is -2.19. The molecule has 1 amide bonds. The van der Waals surface area contributed by atoms with Crippen molar-refractivity contribution in [1.29, 1.82) is 0 Å². The molecule has 1 aliphatic carbocycles. The molecule has 0 heterocycles. The van der Waals surface area contributed by atoms with Gasteiger partial charge in [-0.15, -0.1) is 0 Å². The van der Waals surface area contributed by atoms with Gasteiger partial charge in [0.1, 0.15) is 23.9 Å². The molecule has 1 atom stereocenters. The summed E-state index contributed by atoms with van der Waals surface area (Å²) in [6.07, 6.45) is 3.21. The van der Waals surface area contributed by atoms with Gasteiger partial charge in [-0.05, 0) is 83.3 Å².